The lowest BCUT2D eigenvalue weighted by Gasteiger charge is -2.01. The van der Waals surface area contributed by atoms with Gasteiger partial charge in [0, 0.05) is 6.92 Å². The molecule has 0 aliphatic heterocycles. The second-order valence-corrected chi connectivity index (χ2v) is 1.42. The molecule has 5 heteroatoms. The number of hydrogen-bond acceptors (Lipinski definition) is 3. The molecule has 0 saturated heterocycles. The van der Waals surface area contributed by atoms with E-state index in [1.54, 1.807) is 0 Å². The Labute approximate surface area is 46.4 Å². The summed E-state index contributed by atoms with van der Waals surface area (Å²) >= 11 is 0. The quantitative estimate of drug-likeness (QED) is 0.299. The largest absolute Gasteiger partial charge is 0.597 e. The average Bonchev–Trinajstić information content (AvgIpc) is 1.84. The Morgan fingerprint density at radius 2 is 2.38 bits per heavy atom. The van der Waals surface area contributed by atoms with Crippen molar-refractivity contribution in [2.75, 3.05) is 6.61 Å². The molecule has 48 valence electrons. The Balaban J connectivity index is 3.63. The summed E-state index contributed by atoms with van der Waals surface area (Å²) in [6, 6.07) is -0.667. The Hall–Kier alpha value is -0.840. The molecule has 0 aromatic carbocycles. The van der Waals surface area contributed by atoms with Crippen LogP contribution in [-0.4, -0.2) is 27.8 Å². The molecule has 0 saturated carbocycles. The SMILES string of the molecule is CC(CO)[N+]([O-])=NO. The second kappa shape index (κ2) is 3.20. The zero-order chi connectivity index (χ0) is 6.57. The topological polar surface area (TPSA) is 78.9 Å². The molecule has 0 heterocycles. The summed E-state index contributed by atoms with van der Waals surface area (Å²) in [6.07, 6.45) is 0. The normalized spacial score (nSPS) is 16.0. The average molecular weight is 120 g/mol. The van der Waals surface area contributed by atoms with Crippen molar-refractivity contribution in [1.82, 2.24) is 0 Å². The first-order valence-electron chi connectivity index (χ1n) is 2.14. The van der Waals surface area contributed by atoms with E-state index >= 15 is 0 Å². The summed E-state index contributed by atoms with van der Waals surface area (Å²) in [5.74, 6) is 0. The lowest BCUT2D eigenvalue weighted by molar-refractivity contribution is -0.590. The first kappa shape index (κ1) is 7.16. The molecule has 0 aliphatic carbocycles. The standard InChI is InChI=1S/C3H8N2O3/c1-3(2-6)5(8)4-7/h3,6-7H,2H2,1H3. The summed E-state index contributed by atoms with van der Waals surface area (Å²) < 4.78 is 0. The molecule has 2 N–H and O–H groups in total. The summed E-state index contributed by atoms with van der Waals surface area (Å²) in [6.45, 7) is 1.13. The minimum atomic E-state index is -0.667. The lowest BCUT2D eigenvalue weighted by Crippen LogP contribution is -2.19. The van der Waals surface area contributed by atoms with Gasteiger partial charge in [-0.05, 0) is 0 Å². The minimum Gasteiger partial charge on any atom is -0.597 e. The van der Waals surface area contributed by atoms with Gasteiger partial charge in [0.05, 0.1) is 0 Å². The van der Waals surface area contributed by atoms with Gasteiger partial charge in [-0.2, -0.15) is 0 Å². The van der Waals surface area contributed by atoms with Crippen LogP contribution in [0.4, 0.5) is 0 Å². The van der Waals surface area contributed by atoms with E-state index in [-0.39, 0.29) is 11.5 Å². The van der Waals surface area contributed by atoms with Crippen LogP contribution in [0.5, 0.6) is 0 Å². The van der Waals surface area contributed by atoms with Crippen LogP contribution in [0.1, 0.15) is 6.92 Å². The van der Waals surface area contributed by atoms with Crippen LogP contribution in [0.15, 0.2) is 5.28 Å². The third kappa shape index (κ3) is 1.74. The van der Waals surface area contributed by atoms with E-state index in [9.17, 15) is 5.21 Å². The van der Waals surface area contributed by atoms with E-state index < -0.39 is 6.04 Å². The molecule has 0 spiro atoms. The van der Waals surface area contributed by atoms with Crippen molar-refractivity contribution >= 4 is 0 Å². The van der Waals surface area contributed by atoms with Gasteiger partial charge in [-0.25, -0.2) is 0 Å². The van der Waals surface area contributed by atoms with Crippen molar-refractivity contribution in [1.29, 1.82) is 0 Å². The highest BCUT2D eigenvalue weighted by atomic mass is 16.6. The molecular weight excluding hydrogens is 112 g/mol. The molecule has 1 atom stereocenters. The van der Waals surface area contributed by atoms with Crippen molar-refractivity contribution < 1.29 is 15.2 Å². The van der Waals surface area contributed by atoms with Gasteiger partial charge in [0.2, 0.25) is 6.04 Å². The fourth-order valence-corrected chi connectivity index (χ4v) is 0.158. The number of rotatable bonds is 2. The van der Waals surface area contributed by atoms with E-state index in [0.29, 0.717) is 0 Å². The smallest absolute Gasteiger partial charge is 0.213 e. The van der Waals surface area contributed by atoms with Gasteiger partial charge in [-0.1, -0.05) is 4.86 Å². The summed E-state index contributed by atoms with van der Waals surface area (Å²) in [5.41, 5.74) is 0. The van der Waals surface area contributed by atoms with Gasteiger partial charge in [-0.15, -0.1) is 0 Å². The van der Waals surface area contributed by atoms with Crippen molar-refractivity contribution in [3.63, 3.8) is 0 Å². The fraction of sp³-hybridized carbons (Fsp3) is 1.00. The molecule has 0 fully saturated rings. The molecule has 1 unspecified atom stereocenters. The van der Waals surface area contributed by atoms with E-state index in [2.05, 4.69) is 5.28 Å². The Morgan fingerprint density at radius 1 is 1.88 bits per heavy atom. The summed E-state index contributed by atoms with van der Waals surface area (Å²) in [4.78, 5) is 0.0278. The maximum atomic E-state index is 10.1. The van der Waals surface area contributed by atoms with E-state index in [1.165, 1.54) is 6.92 Å². The zero-order valence-corrected chi connectivity index (χ0v) is 4.48. The van der Waals surface area contributed by atoms with Crippen molar-refractivity contribution in [3.05, 3.63) is 5.21 Å². The molecule has 0 radical (unpaired) electrons. The lowest BCUT2D eigenvalue weighted by atomic mass is 10.4. The number of hydroxylamine groups is 1. The third-order valence-corrected chi connectivity index (χ3v) is 0.729. The molecule has 5 nitrogen and oxygen atoms in total. The van der Waals surface area contributed by atoms with Crippen LogP contribution in [0, 0.1) is 5.21 Å². The maximum absolute atomic E-state index is 10.1. The van der Waals surface area contributed by atoms with Gasteiger partial charge >= 0.3 is 0 Å². The molecule has 0 rings (SSSR count). The van der Waals surface area contributed by atoms with E-state index in [4.69, 9.17) is 10.3 Å². The highest BCUT2D eigenvalue weighted by Gasteiger charge is 2.07. The van der Waals surface area contributed by atoms with Crippen molar-refractivity contribution in [2.24, 2.45) is 5.28 Å². The van der Waals surface area contributed by atoms with E-state index in [1.807, 2.05) is 0 Å². The first-order chi connectivity index (χ1) is 3.72. The van der Waals surface area contributed by atoms with Crippen LogP contribution in [0.2, 0.25) is 0 Å². The molecule has 8 heavy (non-hydrogen) atoms. The maximum Gasteiger partial charge on any atom is 0.213 e. The van der Waals surface area contributed by atoms with Gasteiger partial charge in [0.25, 0.3) is 0 Å². The highest BCUT2D eigenvalue weighted by molar-refractivity contribution is 4.37. The molecule has 0 amide bonds. The Kier molecular flexibility index (Phi) is 2.86. The fourth-order valence-electron chi connectivity index (χ4n) is 0.158. The van der Waals surface area contributed by atoms with Crippen molar-refractivity contribution in [3.8, 4) is 0 Å². The van der Waals surface area contributed by atoms with Crippen LogP contribution in [0.25, 0.3) is 0 Å². The number of nitrogens with zero attached hydrogens (tertiary/aromatic N) is 2. The number of aliphatic hydroxyl groups is 1. The Morgan fingerprint density at radius 3 is 2.50 bits per heavy atom. The van der Waals surface area contributed by atoms with Crippen LogP contribution in [0.3, 0.4) is 0 Å². The zero-order valence-electron chi connectivity index (χ0n) is 4.48. The van der Waals surface area contributed by atoms with Crippen LogP contribution in [-0.2, 0) is 0 Å². The number of aliphatic hydroxyl groups excluding tert-OH is 1. The molecule has 0 bridgehead atoms. The van der Waals surface area contributed by atoms with Gasteiger partial charge in [-0.3, -0.25) is 0 Å². The summed E-state index contributed by atoms with van der Waals surface area (Å²) in [5, 5.41) is 28.3. The molecule has 0 aromatic rings. The van der Waals surface area contributed by atoms with Crippen LogP contribution < -0.4 is 0 Å². The minimum absolute atomic E-state index is 0.0278. The predicted octanol–water partition coefficient (Wildman–Crippen LogP) is -0.281. The van der Waals surface area contributed by atoms with Crippen LogP contribution >= 0.6 is 0 Å². The van der Waals surface area contributed by atoms with E-state index in [0.717, 1.165) is 0 Å². The van der Waals surface area contributed by atoms with Gasteiger partial charge in [0.15, 0.2) is 5.28 Å². The Bertz CT molecular complexity index is 92.5. The third-order valence-electron chi connectivity index (χ3n) is 0.729. The summed E-state index contributed by atoms with van der Waals surface area (Å²) in [7, 11) is 0. The van der Waals surface area contributed by atoms with Gasteiger partial charge < -0.3 is 15.5 Å². The number of hydrogen-bond donors (Lipinski definition) is 2. The first-order valence-corrected chi connectivity index (χ1v) is 2.14. The monoisotopic (exact) mass is 120 g/mol. The highest BCUT2D eigenvalue weighted by Crippen LogP contribution is 1.85. The molecular formula is C3H8N2O3. The van der Waals surface area contributed by atoms with Gasteiger partial charge in [0.1, 0.15) is 6.61 Å². The predicted molar refractivity (Wildman–Crippen MR) is 24.4 cm³/mol. The second-order valence-electron chi connectivity index (χ2n) is 1.42. The molecule has 0 aliphatic rings. The molecule has 0 aromatic heterocycles. The van der Waals surface area contributed by atoms with Crippen molar-refractivity contribution in [2.45, 2.75) is 13.0 Å².